The quantitative estimate of drug-likeness (QED) is 0.833. The van der Waals surface area contributed by atoms with E-state index < -0.39 is 0 Å². The number of carbonyl (C=O) groups excluding carboxylic acids is 1. The highest BCUT2D eigenvalue weighted by Crippen LogP contribution is 2.09. The van der Waals surface area contributed by atoms with Gasteiger partial charge < -0.3 is 15.5 Å². The maximum absolute atomic E-state index is 12.0. The molecule has 2 N–H and O–H groups in total. The van der Waals surface area contributed by atoms with Gasteiger partial charge in [0.25, 0.3) is 5.91 Å². The number of anilines is 1. The fourth-order valence-corrected chi connectivity index (χ4v) is 2.14. The Bertz CT molecular complexity index is 404. The third-order valence-corrected chi connectivity index (χ3v) is 3.11. The normalized spacial score (nSPS) is 19.8. The van der Waals surface area contributed by atoms with E-state index in [-0.39, 0.29) is 11.9 Å². The molecule has 1 aromatic rings. The van der Waals surface area contributed by atoms with Gasteiger partial charge in [-0.2, -0.15) is 0 Å². The number of aromatic nitrogens is 1. The zero-order valence-electron chi connectivity index (χ0n) is 10.9. The van der Waals surface area contributed by atoms with Crippen LogP contribution in [0.25, 0.3) is 0 Å². The summed E-state index contributed by atoms with van der Waals surface area (Å²) in [6.07, 6.45) is 2.64. The fourth-order valence-electron chi connectivity index (χ4n) is 2.14. The Hall–Kier alpha value is -1.62. The summed E-state index contributed by atoms with van der Waals surface area (Å²) in [6.45, 7) is 4.81. The topological polar surface area (TPSA) is 57.3 Å². The van der Waals surface area contributed by atoms with E-state index in [0.29, 0.717) is 5.56 Å². The molecule has 0 aliphatic carbocycles. The number of amides is 1. The van der Waals surface area contributed by atoms with Gasteiger partial charge in [-0.1, -0.05) is 0 Å². The lowest BCUT2D eigenvalue weighted by atomic mass is 10.2. The average molecular weight is 248 g/mol. The highest BCUT2D eigenvalue weighted by Gasteiger charge is 2.21. The smallest absolute Gasteiger partial charge is 0.253 e. The second-order valence-electron chi connectivity index (χ2n) is 4.68. The van der Waals surface area contributed by atoms with E-state index >= 15 is 0 Å². The van der Waals surface area contributed by atoms with Crippen molar-refractivity contribution in [2.45, 2.75) is 19.4 Å². The predicted octanol–water partition coefficient (Wildman–Crippen LogP) is 0.947. The number of nitrogens with zero attached hydrogens (tertiary/aromatic N) is 2. The first kappa shape index (κ1) is 12.8. The minimum absolute atomic E-state index is 0.0363. The number of pyridine rings is 1. The second kappa shape index (κ2) is 5.82. The van der Waals surface area contributed by atoms with Crippen LogP contribution in [-0.4, -0.2) is 48.5 Å². The summed E-state index contributed by atoms with van der Waals surface area (Å²) in [5, 5.41) is 6.14. The average Bonchev–Trinajstić information content (AvgIpc) is 2.76. The molecule has 1 atom stereocenters. The fraction of sp³-hybridized carbons (Fsp3) is 0.538. The summed E-state index contributed by atoms with van der Waals surface area (Å²) in [7, 11) is 2.07. The van der Waals surface area contributed by atoms with E-state index in [1.165, 1.54) is 0 Å². The lowest BCUT2D eigenvalue weighted by molar-refractivity contribution is 0.0938. The number of carbonyl (C=O) groups is 1. The first-order valence-corrected chi connectivity index (χ1v) is 6.38. The number of rotatable bonds is 4. The molecular formula is C13H20N4O. The third-order valence-electron chi connectivity index (χ3n) is 3.11. The van der Waals surface area contributed by atoms with Crippen molar-refractivity contribution >= 4 is 11.7 Å². The summed E-state index contributed by atoms with van der Waals surface area (Å²) < 4.78 is 0. The van der Waals surface area contributed by atoms with E-state index in [1.54, 1.807) is 12.3 Å². The highest BCUT2D eigenvalue weighted by molar-refractivity contribution is 5.94. The van der Waals surface area contributed by atoms with Gasteiger partial charge in [-0.3, -0.25) is 4.79 Å². The van der Waals surface area contributed by atoms with E-state index in [2.05, 4.69) is 27.6 Å². The van der Waals surface area contributed by atoms with E-state index in [1.807, 2.05) is 13.0 Å². The molecule has 0 saturated carbocycles. The molecule has 1 amide bonds. The van der Waals surface area contributed by atoms with Crippen LogP contribution in [0.15, 0.2) is 18.3 Å². The molecule has 5 heteroatoms. The third kappa shape index (κ3) is 3.20. The van der Waals surface area contributed by atoms with Crippen LogP contribution in [0, 0.1) is 0 Å². The molecule has 1 aliphatic heterocycles. The van der Waals surface area contributed by atoms with Crippen LogP contribution in [0.4, 0.5) is 5.82 Å². The van der Waals surface area contributed by atoms with Crippen LogP contribution in [-0.2, 0) is 0 Å². The molecule has 1 fully saturated rings. The Labute approximate surface area is 108 Å². The Balaban J connectivity index is 1.92. The van der Waals surface area contributed by atoms with Crippen LogP contribution < -0.4 is 10.6 Å². The van der Waals surface area contributed by atoms with Gasteiger partial charge in [0.2, 0.25) is 0 Å². The minimum atomic E-state index is -0.0363. The zero-order chi connectivity index (χ0) is 13.0. The summed E-state index contributed by atoms with van der Waals surface area (Å²) in [6, 6.07) is 3.90. The number of hydrogen-bond donors (Lipinski definition) is 2. The Morgan fingerprint density at radius 1 is 1.56 bits per heavy atom. The SMILES string of the molecule is CCNc1ccc(C(=O)NC2CCN(C)C2)cn1. The lowest BCUT2D eigenvalue weighted by Crippen LogP contribution is -2.36. The molecule has 2 heterocycles. The first-order chi connectivity index (χ1) is 8.69. The van der Waals surface area contributed by atoms with Crippen molar-refractivity contribution in [2.24, 2.45) is 0 Å². The number of nitrogens with one attached hydrogen (secondary N) is 2. The van der Waals surface area contributed by atoms with Crippen LogP contribution in [0.2, 0.25) is 0 Å². The molecule has 0 aromatic carbocycles. The van der Waals surface area contributed by atoms with Crippen LogP contribution in [0.3, 0.4) is 0 Å². The molecule has 5 nitrogen and oxygen atoms in total. The van der Waals surface area contributed by atoms with Crippen molar-refractivity contribution in [1.29, 1.82) is 0 Å². The molecule has 0 bridgehead atoms. The lowest BCUT2D eigenvalue weighted by Gasteiger charge is -2.12. The van der Waals surface area contributed by atoms with Crippen LogP contribution in [0.1, 0.15) is 23.7 Å². The Morgan fingerprint density at radius 3 is 2.94 bits per heavy atom. The van der Waals surface area contributed by atoms with E-state index in [4.69, 9.17) is 0 Å². The molecule has 2 rings (SSSR count). The molecule has 1 unspecified atom stereocenters. The highest BCUT2D eigenvalue weighted by atomic mass is 16.1. The zero-order valence-corrected chi connectivity index (χ0v) is 10.9. The Morgan fingerprint density at radius 2 is 2.39 bits per heavy atom. The Kier molecular flexibility index (Phi) is 4.15. The van der Waals surface area contributed by atoms with Crippen molar-refractivity contribution in [3.05, 3.63) is 23.9 Å². The van der Waals surface area contributed by atoms with Crippen molar-refractivity contribution in [2.75, 3.05) is 32.0 Å². The van der Waals surface area contributed by atoms with Gasteiger partial charge >= 0.3 is 0 Å². The molecule has 98 valence electrons. The van der Waals surface area contributed by atoms with Gasteiger partial charge in [0.1, 0.15) is 5.82 Å². The summed E-state index contributed by atoms with van der Waals surface area (Å²) in [5.41, 5.74) is 0.617. The van der Waals surface area contributed by atoms with Crippen LogP contribution >= 0.6 is 0 Å². The molecule has 1 aromatic heterocycles. The largest absolute Gasteiger partial charge is 0.370 e. The molecule has 0 radical (unpaired) electrons. The standard InChI is InChI=1S/C13H20N4O/c1-3-14-12-5-4-10(8-15-12)13(18)16-11-6-7-17(2)9-11/h4-5,8,11H,3,6-7,9H2,1-2H3,(H,14,15)(H,16,18). The van der Waals surface area contributed by atoms with Gasteiger partial charge in [-0.15, -0.1) is 0 Å². The molecule has 1 saturated heterocycles. The van der Waals surface area contributed by atoms with Crippen LogP contribution in [0.5, 0.6) is 0 Å². The van der Waals surface area contributed by atoms with Gasteiger partial charge in [-0.25, -0.2) is 4.98 Å². The van der Waals surface area contributed by atoms with Gasteiger partial charge in [0, 0.05) is 25.3 Å². The summed E-state index contributed by atoms with van der Waals surface area (Å²) >= 11 is 0. The van der Waals surface area contributed by atoms with Gasteiger partial charge in [0.05, 0.1) is 5.56 Å². The maximum Gasteiger partial charge on any atom is 0.253 e. The molecule has 18 heavy (non-hydrogen) atoms. The van der Waals surface area contributed by atoms with Crippen molar-refractivity contribution < 1.29 is 4.79 Å². The van der Waals surface area contributed by atoms with E-state index in [0.717, 1.165) is 31.9 Å². The van der Waals surface area contributed by atoms with Crippen molar-refractivity contribution in [3.63, 3.8) is 0 Å². The predicted molar refractivity (Wildman–Crippen MR) is 71.8 cm³/mol. The summed E-state index contributed by atoms with van der Waals surface area (Å²) in [5.74, 6) is 0.764. The summed E-state index contributed by atoms with van der Waals surface area (Å²) in [4.78, 5) is 18.4. The van der Waals surface area contributed by atoms with Crippen molar-refractivity contribution in [1.82, 2.24) is 15.2 Å². The number of hydrogen-bond acceptors (Lipinski definition) is 4. The first-order valence-electron chi connectivity index (χ1n) is 6.38. The molecule has 1 aliphatic rings. The van der Waals surface area contributed by atoms with E-state index in [9.17, 15) is 4.79 Å². The van der Waals surface area contributed by atoms with Gasteiger partial charge in [-0.05, 0) is 39.1 Å². The molecule has 0 spiro atoms. The minimum Gasteiger partial charge on any atom is -0.370 e. The second-order valence-corrected chi connectivity index (χ2v) is 4.68. The number of likely N-dealkylation sites (N-methyl/N-ethyl adjacent to an activating group) is 1. The monoisotopic (exact) mass is 248 g/mol. The molecular weight excluding hydrogens is 228 g/mol. The number of likely N-dealkylation sites (tertiary alicyclic amines) is 1. The van der Waals surface area contributed by atoms with Gasteiger partial charge in [0.15, 0.2) is 0 Å². The maximum atomic E-state index is 12.0. The van der Waals surface area contributed by atoms with Crippen molar-refractivity contribution in [3.8, 4) is 0 Å².